The molecule has 3 amide bonds. The van der Waals surface area contributed by atoms with Crippen LogP contribution in [-0.2, 0) is 14.4 Å². The van der Waals surface area contributed by atoms with Crippen LogP contribution in [0.15, 0.2) is 4.99 Å². The van der Waals surface area contributed by atoms with Crippen LogP contribution in [0.4, 0.5) is 0 Å². The van der Waals surface area contributed by atoms with Gasteiger partial charge in [0, 0.05) is 32.1 Å². The van der Waals surface area contributed by atoms with Gasteiger partial charge in [0.15, 0.2) is 0 Å². The van der Waals surface area contributed by atoms with Crippen LogP contribution in [-0.4, -0.2) is 53.1 Å². The average Bonchev–Trinajstić information content (AvgIpc) is 2.88. The van der Waals surface area contributed by atoms with Gasteiger partial charge in [0.25, 0.3) is 0 Å². The zero-order valence-corrected chi connectivity index (χ0v) is 14.8. The summed E-state index contributed by atoms with van der Waals surface area (Å²) in [7, 11) is 0. The highest BCUT2D eigenvalue weighted by molar-refractivity contribution is 5.98. The Morgan fingerprint density at radius 2 is 1.92 bits per heavy atom. The summed E-state index contributed by atoms with van der Waals surface area (Å²) in [5.41, 5.74) is 4.67. The molecule has 0 aliphatic carbocycles. The minimum atomic E-state index is -0.516. The maximum atomic E-state index is 12.6. The molecule has 3 N–H and O–H groups in total. The van der Waals surface area contributed by atoms with Crippen molar-refractivity contribution in [3.63, 3.8) is 0 Å². The van der Waals surface area contributed by atoms with E-state index in [1.165, 1.54) is 6.21 Å². The molecule has 1 fully saturated rings. The third-order valence-electron chi connectivity index (χ3n) is 4.11. The molecule has 0 bridgehead atoms. The highest BCUT2D eigenvalue weighted by Crippen LogP contribution is 2.27. The van der Waals surface area contributed by atoms with Crippen molar-refractivity contribution in [1.82, 2.24) is 4.90 Å². The molecule has 1 heterocycles. The maximum absolute atomic E-state index is 12.6. The van der Waals surface area contributed by atoms with Crippen molar-refractivity contribution in [2.24, 2.45) is 22.1 Å². The van der Waals surface area contributed by atoms with Gasteiger partial charge in [0.05, 0.1) is 12.0 Å². The van der Waals surface area contributed by atoms with E-state index in [4.69, 9.17) is 5.73 Å². The molecular weight excluding hydrogens is 310 g/mol. The zero-order valence-electron chi connectivity index (χ0n) is 14.8. The Balaban J connectivity index is 2.61. The smallest absolute Gasteiger partial charge is 0.245 e. The third kappa shape index (κ3) is 6.78. The molecule has 1 saturated heterocycles. The molecule has 0 radical (unpaired) electrons. The van der Waals surface area contributed by atoms with Gasteiger partial charge in [-0.1, -0.05) is 20.8 Å². The Labute approximate surface area is 143 Å². The van der Waals surface area contributed by atoms with Crippen LogP contribution in [0.2, 0.25) is 0 Å². The van der Waals surface area contributed by atoms with Crippen molar-refractivity contribution in [2.45, 2.75) is 59.0 Å². The highest BCUT2D eigenvalue weighted by Gasteiger charge is 2.35. The number of aliphatic hydroxyl groups is 1. The van der Waals surface area contributed by atoms with Crippen LogP contribution in [0.5, 0.6) is 0 Å². The van der Waals surface area contributed by atoms with Crippen LogP contribution in [0, 0.1) is 11.3 Å². The van der Waals surface area contributed by atoms with E-state index in [0.29, 0.717) is 32.4 Å². The van der Waals surface area contributed by atoms with Gasteiger partial charge in [-0.2, -0.15) is 0 Å². The first-order valence-electron chi connectivity index (χ1n) is 8.43. The van der Waals surface area contributed by atoms with Gasteiger partial charge in [-0.3, -0.25) is 14.4 Å². The van der Waals surface area contributed by atoms with E-state index >= 15 is 0 Å². The number of aliphatic imine (C=N–C) groups is 1. The molecular formula is C17H29N3O4. The molecule has 1 aliphatic rings. The molecule has 7 nitrogen and oxygen atoms in total. The number of aliphatic hydroxyl groups excluding tert-OH is 1. The summed E-state index contributed by atoms with van der Waals surface area (Å²) in [5.74, 6) is -1.30. The number of likely N-dealkylation sites (tertiary alicyclic amines) is 1. The molecule has 1 unspecified atom stereocenters. The van der Waals surface area contributed by atoms with E-state index in [9.17, 15) is 19.5 Å². The Bertz CT molecular complexity index is 497. The lowest BCUT2D eigenvalue weighted by atomic mass is 9.80. The van der Waals surface area contributed by atoms with E-state index < -0.39 is 12.0 Å². The summed E-state index contributed by atoms with van der Waals surface area (Å²) in [6.07, 6.45) is 3.14. The fraction of sp³-hybridized carbons (Fsp3) is 0.765. The number of hydrogen-bond donors (Lipinski definition) is 2. The summed E-state index contributed by atoms with van der Waals surface area (Å²) < 4.78 is 0. The quantitative estimate of drug-likeness (QED) is 0.529. The van der Waals surface area contributed by atoms with Crippen LogP contribution in [0.25, 0.3) is 0 Å². The van der Waals surface area contributed by atoms with Gasteiger partial charge < -0.3 is 15.7 Å². The van der Waals surface area contributed by atoms with E-state index in [-0.39, 0.29) is 36.0 Å². The average molecular weight is 339 g/mol. The predicted molar refractivity (Wildman–Crippen MR) is 91.3 cm³/mol. The van der Waals surface area contributed by atoms with Crippen molar-refractivity contribution < 1.29 is 19.5 Å². The topological polar surface area (TPSA) is 113 Å². The van der Waals surface area contributed by atoms with Crippen molar-refractivity contribution in [1.29, 1.82) is 0 Å². The van der Waals surface area contributed by atoms with Crippen molar-refractivity contribution >= 4 is 23.9 Å². The fourth-order valence-corrected chi connectivity index (χ4v) is 2.59. The number of nitrogens with two attached hydrogens (primary N) is 1. The molecule has 0 spiro atoms. The Morgan fingerprint density at radius 1 is 1.29 bits per heavy atom. The SMILES string of the molecule is CC(C)(C)C(C=NC(=O)CCCCC(N)=O)C(=O)N1CC[C@@H](O)C1. The first-order valence-corrected chi connectivity index (χ1v) is 8.43. The second-order valence-electron chi connectivity index (χ2n) is 7.42. The summed E-state index contributed by atoms with van der Waals surface area (Å²) in [5, 5.41) is 9.60. The Kier molecular flexibility index (Phi) is 7.54. The van der Waals surface area contributed by atoms with Crippen LogP contribution < -0.4 is 5.73 Å². The molecule has 1 aliphatic heterocycles. The van der Waals surface area contributed by atoms with Gasteiger partial charge in [0.2, 0.25) is 17.7 Å². The monoisotopic (exact) mass is 339 g/mol. The number of β-amino-alcohol motifs (C(OH)–C–C–N with tert-alkyl or cyclic N) is 1. The summed E-state index contributed by atoms with van der Waals surface area (Å²) in [6, 6.07) is 0. The number of amides is 3. The van der Waals surface area contributed by atoms with Gasteiger partial charge in [0.1, 0.15) is 0 Å². The van der Waals surface area contributed by atoms with E-state index in [1.54, 1.807) is 4.90 Å². The summed E-state index contributed by atoms with van der Waals surface area (Å²) >= 11 is 0. The number of carbonyl (C=O) groups excluding carboxylic acids is 3. The minimum absolute atomic E-state index is 0.107. The molecule has 24 heavy (non-hydrogen) atoms. The van der Waals surface area contributed by atoms with Crippen LogP contribution in [0.1, 0.15) is 52.9 Å². The first kappa shape index (κ1) is 20.3. The Morgan fingerprint density at radius 3 is 2.42 bits per heavy atom. The van der Waals surface area contributed by atoms with Crippen LogP contribution in [0.3, 0.4) is 0 Å². The summed E-state index contributed by atoms with van der Waals surface area (Å²) in [6.45, 7) is 6.63. The van der Waals surface area contributed by atoms with E-state index in [1.807, 2.05) is 20.8 Å². The summed E-state index contributed by atoms with van der Waals surface area (Å²) in [4.78, 5) is 40.7. The fourth-order valence-electron chi connectivity index (χ4n) is 2.59. The lowest BCUT2D eigenvalue weighted by Crippen LogP contribution is -2.41. The molecule has 1 rings (SSSR count). The van der Waals surface area contributed by atoms with Gasteiger partial charge in [-0.25, -0.2) is 4.99 Å². The van der Waals surface area contributed by atoms with Crippen LogP contribution >= 0.6 is 0 Å². The molecule has 136 valence electrons. The zero-order chi connectivity index (χ0) is 18.3. The second kappa shape index (κ2) is 8.92. The number of nitrogens with zero attached hydrogens (tertiary/aromatic N) is 2. The largest absolute Gasteiger partial charge is 0.391 e. The van der Waals surface area contributed by atoms with Gasteiger partial charge >= 0.3 is 0 Å². The second-order valence-corrected chi connectivity index (χ2v) is 7.42. The number of unbranched alkanes of at least 4 members (excludes halogenated alkanes) is 1. The lowest BCUT2D eigenvalue weighted by molar-refractivity contribution is -0.135. The Hall–Kier alpha value is -1.76. The van der Waals surface area contributed by atoms with Gasteiger partial charge in [-0.05, 0) is 24.7 Å². The molecule has 0 saturated carbocycles. The number of carbonyl (C=O) groups is 3. The normalized spacial score (nSPS) is 19.7. The predicted octanol–water partition coefficient (Wildman–Crippen LogP) is 0.885. The lowest BCUT2D eigenvalue weighted by Gasteiger charge is -2.30. The maximum Gasteiger partial charge on any atom is 0.245 e. The third-order valence-corrected chi connectivity index (χ3v) is 4.11. The van der Waals surface area contributed by atoms with Gasteiger partial charge in [-0.15, -0.1) is 0 Å². The molecule has 0 aromatic heterocycles. The highest BCUT2D eigenvalue weighted by atomic mass is 16.3. The number of rotatable bonds is 7. The van der Waals surface area contributed by atoms with E-state index in [0.717, 1.165) is 0 Å². The number of primary amides is 1. The minimum Gasteiger partial charge on any atom is -0.391 e. The van der Waals surface area contributed by atoms with Crippen molar-refractivity contribution in [3.8, 4) is 0 Å². The molecule has 7 heteroatoms. The van der Waals surface area contributed by atoms with Crippen molar-refractivity contribution in [3.05, 3.63) is 0 Å². The molecule has 0 aromatic carbocycles. The van der Waals surface area contributed by atoms with Crippen molar-refractivity contribution in [2.75, 3.05) is 13.1 Å². The standard InChI is InChI=1S/C17H29N3O4/c1-17(2,3)13(16(24)20-9-8-12(21)11-20)10-19-15(23)7-5-4-6-14(18)22/h10,12-13,21H,4-9,11H2,1-3H3,(H2,18,22)/t12-,13?/m1/s1. The van der Waals surface area contributed by atoms with E-state index in [2.05, 4.69) is 4.99 Å². The number of hydrogen-bond acceptors (Lipinski definition) is 4. The molecule has 2 atom stereocenters. The first-order chi connectivity index (χ1) is 11.1. The molecule has 0 aromatic rings.